The van der Waals surface area contributed by atoms with E-state index in [1.165, 1.54) is 6.42 Å². The zero-order chi connectivity index (χ0) is 15.4. The number of hydrogen-bond acceptors (Lipinski definition) is 3. The van der Waals surface area contributed by atoms with Crippen LogP contribution >= 0.6 is 0 Å². The van der Waals surface area contributed by atoms with Crippen LogP contribution < -0.4 is 10.6 Å². The summed E-state index contributed by atoms with van der Waals surface area (Å²) in [5, 5.41) is 6.44. The van der Waals surface area contributed by atoms with Gasteiger partial charge in [0, 0.05) is 24.5 Å². The van der Waals surface area contributed by atoms with Gasteiger partial charge >= 0.3 is 0 Å². The molecule has 1 aliphatic rings. The van der Waals surface area contributed by atoms with Crippen LogP contribution in [0.15, 0.2) is 12.3 Å². The van der Waals surface area contributed by atoms with Crippen molar-refractivity contribution < 1.29 is 4.79 Å². The molecule has 2 N–H and O–H groups in total. The number of rotatable bonds is 4. The van der Waals surface area contributed by atoms with Gasteiger partial charge < -0.3 is 10.6 Å². The summed E-state index contributed by atoms with van der Waals surface area (Å²) in [5.74, 6) is 1.43. The molecule has 0 aliphatic heterocycles. The molecule has 0 radical (unpaired) electrons. The maximum atomic E-state index is 12.5. The Morgan fingerprint density at radius 2 is 2.10 bits per heavy atom. The highest BCUT2D eigenvalue weighted by Crippen LogP contribution is 2.29. The summed E-state index contributed by atoms with van der Waals surface area (Å²) >= 11 is 0. The number of pyridine rings is 1. The lowest BCUT2D eigenvalue weighted by atomic mass is 9.79. The smallest absolute Gasteiger partial charge is 0.255 e. The summed E-state index contributed by atoms with van der Waals surface area (Å²) < 4.78 is 0. The summed E-state index contributed by atoms with van der Waals surface area (Å²) in [7, 11) is 0. The molecule has 1 aliphatic carbocycles. The monoisotopic (exact) mass is 289 g/mol. The Bertz CT molecular complexity index is 501. The molecule has 3 atom stereocenters. The number of aryl methyl sites for hydroxylation is 1. The largest absolute Gasteiger partial charge is 0.385 e. The van der Waals surface area contributed by atoms with Crippen molar-refractivity contribution in [1.82, 2.24) is 10.3 Å². The van der Waals surface area contributed by atoms with Gasteiger partial charge in [0.25, 0.3) is 5.91 Å². The SMILES string of the molecule is CCNc1cc(C)ncc1C(=O)NC1CCC(C)C(C)C1. The molecule has 1 aromatic heterocycles. The quantitative estimate of drug-likeness (QED) is 0.893. The molecule has 1 heterocycles. The minimum Gasteiger partial charge on any atom is -0.385 e. The van der Waals surface area contributed by atoms with E-state index in [1.54, 1.807) is 6.20 Å². The number of carbonyl (C=O) groups is 1. The van der Waals surface area contributed by atoms with Crippen molar-refractivity contribution in [3.05, 3.63) is 23.5 Å². The Hall–Kier alpha value is -1.58. The maximum Gasteiger partial charge on any atom is 0.255 e. The molecule has 116 valence electrons. The standard InChI is InChI=1S/C17H27N3O/c1-5-18-16-9-13(4)19-10-15(16)17(21)20-14-7-6-11(2)12(3)8-14/h9-12,14H,5-8H2,1-4H3,(H,18,19)(H,20,21). The van der Waals surface area contributed by atoms with E-state index in [-0.39, 0.29) is 5.91 Å². The van der Waals surface area contributed by atoms with Gasteiger partial charge in [-0.3, -0.25) is 9.78 Å². The molecule has 0 aromatic carbocycles. The van der Waals surface area contributed by atoms with E-state index in [0.717, 1.165) is 36.7 Å². The predicted octanol–water partition coefficient (Wildman–Crippen LogP) is 3.38. The first-order valence-electron chi connectivity index (χ1n) is 8.02. The number of carbonyl (C=O) groups excluding carboxylic acids is 1. The average molecular weight is 289 g/mol. The van der Waals surface area contributed by atoms with Gasteiger partial charge in [-0.2, -0.15) is 0 Å². The molecule has 1 saturated carbocycles. The molecule has 0 bridgehead atoms. The van der Waals surface area contributed by atoms with Gasteiger partial charge in [0.15, 0.2) is 0 Å². The van der Waals surface area contributed by atoms with E-state index in [9.17, 15) is 4.79 Å². The molecule has 4 nitrogen and oxygen atoms in total. The molecule has 1 aromatic rings. The molecule has 4 heteroatoms. The fraction of sp³-hybridized carbons (Fsp3) is 0.647. The van der Waals surface area contributed by atoms with Gasteiger partial charge in [-0.05, 0) is 51.0 Å². The van der Waals surface area contributed by atoms with Gasteiger partial charge in [-0.15, -0.1) is 0 Å². The van der Waals surface area contributed by atoms with Gasteiger partial charge in [-0.25, -0.2) is 0 Å². The lowest BCUT2D eigenvalue weighted by molar-refractivity contribution is 0.0911. The first-order valence-corrected chi connectivity index (χ1v) is 8.02. The maximum absolute atomic E-state index is 12.5. The van der Waals surface area contributed by atoms with Crippen LogP contribution in [0.2, 0.25) is 0 Å². The molecule has 1 fully saturated rings. The molecular weight excluding hydrogens is 262 g/mol. The van der Waals surface area contributed by atoms with Crippen LogP contribution in [0, 0.1) is 18.8 Å². The predicted molar refractivity (Wildman–Crippen MR) is 86.6 cm³/mol. The Balaban J connectivity index is 2.06. The second-order valence-electron chi connectivity index (χ2n) is 6.34. The summed E-state index contributed by atoms with van der Waals surface area (Å²) in [4.78, 5) is 16.8. The lowest BCUT2D eigenvalue weighted by Crippen LogP contribution is -2.40. The summed E-state index contributed by atoms with van der Waals surface area (Å²) in [6.45, 7) is 9.34. The minimum atomic E-state index is -0.00907. The molecular formula is C17H27N3O. The Morgan fingerprint density at radius 1 is 1.33 bits per heavy atom. The molecule has 21 heavy (non-hydrogen) atoms. The van der Waals surface area contributed by atoms with Crippen molar-refractivity contribution in [3.63, 3.8) is 0 Å². The Morgan fingerprint density at radius 3 is 2.76 bits per heavy atom. The highest BCUT2D eigenvalue weighted by Gasteiger charge is 2.26. The second-order valence-corrected chi connectivity index (χ2v) is 6.34. The van der Waals surface area contributed by atoms with Crippen LogP contribution in [0.3, 0.4) is 0 Å². The van der Waals surface area contributed by atoms with Gasteiger partial charge in [-0.1, -0.05) is 13.8 Å². The number of nitrogens with one attached hydrogen (secondary N) is 2. The van der Waals surface area contributed by atoms with Crippen LogP contribution in [0.25, 0.3) is 0 Å². The highest BCUT2D eigenvalue weighted by atomic mass is 16.1. The average Bonchev–Trinajstić information content (AvgIpc) is 2.43. The van der Waals surface area contributed by atoms with Crippen molar-refractivity contribution >= 4 is 11.6 Å². The number of aromatic nitrogens is 1. The summed E-state index contributed by atoms with van der Waals surface area (Å²) in [6.07, 6.45) is 5.02. The molecule has 3 unspecified atom stereocenters. The van der Waals surface area contributed by atoms with Crippen LogP contribution in [-0.2, 0) is 0 Å². The lowest BCUT2D eigenvalue weighted by Gasteiger charge is -2.32. The van der Waals surface area contributed by atoms with Crippen LogP contribution in [-0.4, -0.2) is 23.5 Å². The summed E-state index contributed by atoms with van der Waals surface area (Å²) in [5.41, 5.74) is 2.44. The van der Waals surface area contributed by atoms with Crippen LogP contribution in [0.1, 0.15) is 56.1 Å². The molecule has 2 rings (SSSR count). The van der Waals surface area contributed by atoms with E-state index in [2.05, 4.69) is 29.5 Å². The number of nitrogens with zero attached hydrogens (tertiary/aromatic N) is 1. The fourth-order valence-corrected chi connectivity index (χ4v) is 3.02. The van der Waals surface area contributed by atoms with Crippen molar-refractivity contribution in [2.24, 2.45) is 11.8 Å². The minimum absolute atomic E-state index is 0.00907. The van der Waals surface area contributed by atoms with Crippen LogP contribution in [0.5, 0.6) is 0 Å². The van der Waals surface area contributed by atoms with Crippen molar-refractivity contribution in [2.45, 2.75) is 53.0 Å². The van der Waals surface area contributed by atoms with Gasteiger partial charge in [0.1, 0.15) is 0 Å². The number of anilines is 1. The van der Waals surface area contributed by atoms with E-state index >= 15 is 0 Å². The first kappa shape index (κ1) is 15.8. The number of hydrogen-bond donors (Lipinski definition) is 2. The molecule has 1 amide bonds. The third kappa shape index (κ3) is 3.96. The fourth-order valence-electron chi connectivity index (χ4n) is 3.02. The van der Waals surface area contributed by atoms with Crippen molar-refractivity contribution in [1.29, 1.82) is 0 Å². The topological polar surface area (TPSA) is 54.0 Å². The number of amides is 1. The van der Waals surface area contributed by atoms with Gasteiger partial charge in [0.2, 0.25) is 0 Å². The summed E-state index contributed by atoms with van der Waals surface area (Å²) in [6, 6.07) is 2.23. The third-order valence-electron chi connectivity index (χ3n) is 4.59. The third-order valence-corrected chi connectivity index (χ3v) is 4.59. The van der Waals surface area contributed by atoms with Crippen molar-refractivity contribution in [2.75, 3.05) is 11.9 Å². The van der Waals surface area contributed by atoms with Crippen molar-refractivity contribution in [3.8, 4) is 0 Å². The molecule has 0 spiro atoms. The van der Waals surface area contributed by atoms with E-state index in [4.69, 9.17) is 0 Å². The van der Waals surface area contributed by atoms with Crippen LogP contribution in [0.4, 0.5) is 5.69 Å². The second kappa shape index (κ2) is 6.92. The van der Waals surface area contributed by atoms with E-state index in [1.807, 2.05) is 19.9 Å². The Labute approximate surface area is 127 Å². The Kier molecular flexibility index (Phi) is 5.21. The highest BCUT2D eigenvalue weighted by molar-refractivity contribution is 5.99. The molecule has 0 saturated heterocycles. The first-order chi connectivity index (χ1) is 10.0. The zero-order valence-electron chi connectivity index (χ0n) is 13.6. The van der Waals surface area contributed by atoms with E-state index in [0.29, 0.717) is 17.5 Å². The zero-order valence-corrected chi connectivity index (χ0v) is 13.6. The van der Waals surface area contributed by atoms with E-state index < -0.39 is 0 Å². The normalized spacial score (nSPS) is 25.4. The van der Waals surface area contributed by atoms with Gasteiger partial charge in [0.05, 0.1) is 11.3 Å².